The third-order valence-electron chi connectivity index (χ3n) is 6.92. The van der Waals surface area contributed by atoms with Gasteiger partial charge in [-0.05, 0) is 47.0 Å². The minimum Gasteiger partial charge on any atom is -0.445 e. The van der Waals surface area contributed by atoms with Gasteiger partial charge in [-0.3, -0.25) is 14.7 Å². The number of carbonyl (C=O) groups is 2. The monoisotopic (exact) mass is 553 g/mol. The fourth-order valence-electron chi connectivity index (χ4n) is 4.67. The maximum absolute atomic E-state index is 12.9. The molecule has 4 aromatic rings. The number of rotatable bonds is 7. The molecule has 0 unspecified atom stereocenters. The van der Waals surface area contributed by atoms with E-state index in [1.54, 1.807) is 47.4 Å². The van der Waals surface area contributed by atoms with Crippen molar-refractivity contribution in [1.29, 1.82) is 0 Å². The molecule has 1 aromatic heterocycles. The molecule has 1 saturated heterocycles. The van der Waals surface area contributed by atoms with E-state index in [1.807, 2.05) is 0 Å². The first-order valence-corrected chi connectivity index (χ1v) is 12.7. The van der Waals surface area contributed by atoms with Gasteiger partial charge in [-0.2, -0.15) is 13.2 Å². The number of ether oxygens (including phenoxy) is 1. The number of alkyl halides is 3. The smallest absolute Gasteiger partial charge is 0.417 e. The fraction of sp³-hybridized carbons (Fsp3) is 0.276. The quantitative estimate of drug-likeness (QED) is 0.311. The lowest BCUT2D eigenvalue weighted by Gasteiger charge is -2.34. The highest BCUT2D eigenvalue weighted by atomic mass is 19.4. The average molecular weight is 554 g/mol. The highest BCUT2D eigenvalue weighted by Gasteiger charge is 2.30. The summed E-state index contributed by atoms with van der Waals surface area (Å²) in [4.78, 5) is 42.9. The number of nitrogens with zero attached hydrogens (tertiary/aromatic N) is 2. The van der Waals surface area contributed by atoms with Gasteiger partial charge in [0.2, 0.25) is 0 Å². The number of benzene rings is 3. The zero-order valence-electron chi connectivity index (χ0n) is 21.4. The predicted octanol–water partition coefficient (Wildman–Crippen LogP) is 5.33. The molecule has 5 rings (SSSR count). The van der Waals surface area contributed by atoms with Gasteiger partial charge in [0.25, 0.3) is 0 Å². The Hall–Kier alpha value is -4.38. The minimum absolute atomic E-state index is 0.0175. The first-order valence-electron chi connectivity index (χ1n) is 12.7. The van der Waals surface area contributed by atoms with Crippen LogP contribution in [0, 0.1) is 0 Å². The first kappa shape index (κ1) is 27.2. The molecular formula is C29H26F3N3O5. The molecule has 1 fully saturated rings. The van der Waals surface area contributed by atoms with Crippen molar-refractivity contribution in [2.45, 2.75) is 19.2 Å². The standard InChI is InChI=1S/C29H26F3N3O5/c30-29(31,32)22-8-5-19(6-9-22)23-4-2-1-3-21(23)18-39-28(38)35-15-13-34(14-16-35)12-11-25(36)20-7-10-24-26(17-20)40-27(37)33-24/h1-10,17H,11-16,18H2,(H,33,37). The van der Waals surface area contributed by atoms with Gasteiger partial charge in [-0.25, -0.2) is 9.59 Å². The predicted molar refractivity (Wildman–Crippen MR) is 141 cm³/mol. The SMILES string of the molecule is O=C(CCN1CCN(C(=O)OCc2ccccc2-c2ccc(C(F)(F)F)cc2)CC1)c1ccc2[nH]c(=O)oc2c1. The summed E-state index contributed by atoms with van der Waals surface area (Å²) in [5, 5.41) is 0. The van der Waals surface area contributed by atoms with Crippen LogP contribution in [0.1, 0.15) is 27.9 Å². The maximum Gasteiger partial charge on any atom is 0.417 e. The summed E-state index contributed by atoms with van der Waals surface area (Å²) in [6.45, 7) is 2.54. The van der Waals surface area contributed by atoms with Crippen LogP contribution in [-0.4, -0.2) is 59.4 Å². The molecule has 8 nitrogen and oxygen atoms in total. The van der Waals surface area contributed by atoms with E-state index in [0.29, 0.717) is 66.1 Å². The van der Waals surface area contributed by atoms with Crippen molar-refractivity contribution in [2.75, 3.05) is 32.7 Å². The van der Waals surface area contributed by atoms with Gasteiger partial charge in [0.15, 0.2) is 11.4 Å². The highest BCUT2D eigenvalue weighted by Crippen LogP contribution is 2.32. The second-order valence-corrected chi connectivity index (χ2v) is 9.51. The molecule has 2 heterocycles. The number of nitrogens with one attached hydrogen (secondary N) is 1. The molecule has 1 N–H and O–H groups in total. The van der Waals surface area contributed by atoms with E-state index in [2.05, 4.69) is 9.88 Å². The van der Waals surface area contributed by atoms with E-state index < -0.39 is 23.6 Å². The van der Waals surface area contributed by atoms with Crippen LogP contribution in [0.5, 0.6) is 0 Å². The van der Waals surface area contributed by atoms with E-state index in [1.165, 1.54) is 12.1 Å². The number of halogens is 3. The van der Waals surface area contributed by atoms with Gasteiger partial charge in [-0.15, -0.1) is 0 Å². The number of hydrogen-bond donors (Lipinski definition) is 1. The van der Waals surface area contributed by atoms with Gasteiger partial charge in [-0.1, -0.05) is 36.4 Å². The van der Waals surface area contributed by atoms with E-state index in [0.717, 1.165) is 12.1 Å². The Kier molecular flexibility index (Phi) is 7.74. The summed E-state index contributed by atoms with van der Waals surface area (Å²) in [7, 11) is 0. The lowest BCUT2D eigenvalue weighted by atomic mass is 9.99. The number of aromatic amines is 1. The normalized spacial score (nSPS) is 14.4. The molecule has 3 aromatic carbocycles. The van der Waals surface area contributed by atoms with Crippen LogP contribution >= 0.6 is 0 Å². The van der Waals surface area contributed by atoms with Crippen LogP contribution < -0.4 is 5.76 Å². The molecule has 0 aliphatic carbocycles. The summed E-state index contributed by atoms with van der Waals surface area (Å²) in [5.41, 5.74) is 2.59. The Morgan fingerprint density at radius 2 is 1.68 bits per heavy atom. The summed E-state index contributed by atoms with van der Waals surface area (Å²) in [5.74, 6) is -0.640. The number of amides is 1. The second kappa shape index (κ2) is 11.4. The summed E-state index contributed by atoms with van der Waals surface area (Å²) in [6, 6.07) is 16.8. The fourth-order valence-corrected chi connectivity index (χ4v) is 4.67. The van der Waals surface area contributed by atoms with Crippen LogP contribution in [0.25, 0.3) is 22.2 Å². The Morgan fingerprint density at radius 3 is 2.40 bits per heavy atom. The van der Waals surface area contributed by atoms with Crippen LogP contribution in [-0.2, 0) is 17.5 Å². The van der Waals surface area contributed by atoms with Crippen molar-refractivity contribution in [1.82, 2.24) is 14.8 Å². The van der Waals surface area contributed by atoms with Crippen molar-refractivity contribution < 1.29 is 31.9 Å². The van der Waals surface area contributed by atoms with E-state index in [9.17, 15) is 27.6 Å². The highest BCUT2D eigenvalue weighted by molar-refractivity contribution is 5.98. The van der Waals surface area contributed by atoms with E-state index in [4.69, 9.17) is 9.15 Å². The molecule has 0 radical (unpaired) electrons. The van der Waals surface area contributed by atoms with E-state index in [-0.39, 0.29) is 18.8 Å². The summed E-state index contributed by atoms with van der Waals surface area (Å²) in [6.07, 6.45) is -4.60. The molecule has 0 bridgehead atoms. The molecule has 1 amide bonds. The summed E-state index contributed by atoms with van der Waals surface area (Å²) < 4.78 is 49.3. The molecule has 208 valence electrons. The molecular weight excluding hydrogens is 527 g/mol. The Morgan fingerprint density at radius 1 is 0.950 bits per heavy atom. The van der Waals surface area contributed by atoms with Crippen molar-refractivity contribution in [3.05, 3.63) is 94.0 Å². The topological polar surface area (TPSA) is 95.9 Å². The van der Waals surface area contributed by atoms with Crippen molar-refractivity contribution in [3.8, 4) is 11.1 Å². The molecule has 1 aliphatic rings. The number of aromatic nitrogens is 1. The van der Waals surface area contributed by atoms with Crippen LogP contribution in [0.3, 0.4) is 0 Å². The molecule has 11 heteroatoms. The van der Waals surface area contributed by atoms with Gasteiger partial charge in [0.1, 0.15) is 6.61 Å². The van der Waals surface area contributed by atoms with Crippen LogP contribution in [0.2, 0.25) is 0 Å². The lowest BCUT2D eigenvalue weighted by molar-refractivity contribution is -0.137. The number of carbonyl (C=O) groups excluding carboxylic acids is 2. The number of H-pyrrole nitrogens is 1. The van der Waals surface area contributed by atoms with Gasteiger partial charge in [0, 0.05) is 44.7 Å². The number of piperazine rings is 1. The molecule has 40 heavy (non-hydrogen) atoms. The van der Waals surface area contributed by atoms with Crippen LogP contribution in [0.4, 0.5) is 18.0 Å². The number of fused-ring (bicyclic) bond motifs is 1. The third kappa shape index (κ3) is 6.26. The zero-order valence-corrected chi connectivity index (χ0v) is 21.4. The largest absolute Gasteiger partial charge is 0.445 e. The Bertz CT molecular complexity index is 1570. The second-order valence-electron chi connectivity index (χ2n) is 9.51. The number of oxazole rings is 1. The van der Waals surface area contributed by atoms with Crippen molar-refractivity contribution >= 4 is 23.0 Å². The number of Topliss-reactive ketones (excluding diaryl/α,β-unsaturated/α-hetero) is 1. The lowest BCUT2D eigenvalue weighted by Crippen LogP contribution is -2.49. The Labute approximate surface area is 226 Å². The number of hydrogen-bond acceptors (Lipinski definition) is 6. The van der Waals surface area contributed by atoms with Crippen molar-refractivity contribution in [2.24, 2.45) is 0 Å². The minimum atomic E-state index is -4.41. The van der Waals surface area contributed by atoms with Gasteiger partial charge in [0.05, 0.1) is 11.1 Å². The molecule has 1 aliphatic heterocycles. The first-order chi connectivity index (χ1) is 19.2. The third-order valence-corrected chi connectivity index (χ3v) is 6.92. The average Bonchev–Trinajstić information content (AvgIpc) is 3.34. The molecule has 0 saturated carbocycles. The van der Waals surface area contributed by atoms with Crippen LogP contribution in [0.15, 0.2) is 75.9 Å². The zero-order chi connectivity index (χ0) is 28.3. The summed E-state index contributed by atoms with van der Waals surface area (Å²) >= 11 is 0. The number of ketones is 1. The van der Waals surface area contributed by atoms with Gasteiger partial charge >= 0.3 is 18.0 Å². The van der Waals surface area contributed by atoms with Crippen molar-refractivity contribution in [3.63, 3.8) is 0 Å². The molecule has 0 atom stereocenters. The van der Waals surface area contributed by atoms with E-state index >= 15 is 0 Å². The molecule has 0 spiro atoms. The Balaban J connectivity index is 1.10. The maximum atomic E-state index is 12.9. The van der Waals surface area contributed by atoms with Gasteiger partial charge < -0.3 is 14.1 Å².